The Morgan fingerprint density at radius 3 is 2.58 bits per heavy atom. The number of aromatic nitrogens is 2. The van der Waals surface area contributed by atoms with Gasteiger partial charge in [0.25, 0.3) is 11.5 Å². The fourth-order valence-corrected chi connectivity index (χ4v) is 7.67. The van der Waals surface area contributed by atoms with Gasteiger partial charge in [-0.25, -0.2) is 9.37 Å². The number of nitrogens with one attached hydrogen (secondary N) is 1. The Kier molecular flexibility index (Phi) is 8.76. The predicted octanol–water partition coefficient (Wildman–Crippen LogP) is 4.96. The van der Waals surface area contributed by atoms with Gasteiger partial charge < -0.3 is 29.7 Å². The Hall–Kier alpha value is -4.06. The molecule has 0 radical (unpaired) electrons. The second-order valence-corrected chi connectivity index (χ2v) is 13.2. The first kappa shape index (κ1) is 30.9. The van der Waals surface area contributed by atoms with Crippen molar-refractivity contribution in [3.63, 3.8) is 0 Å². The molecule has 6 rings (SSSR count). The van der Waals surface area contributed by atoms with Gasteiger partial charge in [0.05, 0.1) is 29.1 Å². The molecule has 236 valence electrons. The number of hydrogen-bond donors (Lipinski definition) is 2. The average Bonchev–Trinajstić information content (AvgIpc) is 3.42. The van der Waals surface area contributed by atoms with Crippen LogP contribution >= 0.6 is 11.3 Å². The molecule has 4 heterocycles. The molecule has 2 aliphatic rings. The Morgan fingerprint density at radius 2 is 1.84 bits per heavy atom. The monoisotopic (exact) mass is 630 g/mol. The van der Waals surface area contributed by atoms with Gasteiger partial charge in [-0.3, -0.25) is 9.59 Å². The third kappa shape index (κ3) is 6.12. The largest absolute Gasteiger partial charge is 0.392 e. The summed E-state index contributed by atoms with van der Waals surface area (Å²) in [6.07, 6.45) is 8.36. The number of pyridine rings is 2. The van der Waals surface area contributed by atoms with Crippen LogP contribution in [0.1, 0.15) is 44.1 Å². The summed E-state index contributed by atoms with van der Waals surface area (Å²) >= 11 is 1.57. The number of aliphatic hydroxyl groups excluding tert-OH is 1. The molecular weight excluding hydrogens is 591 g/mol. The van der Waals surface area contributed by atoms with Crippen molar-refractivity contribution < 1.29 is 14.3 Å². The van der Waals surface area contributed by atoms with Gasteiger partial charge in [0, 0.05) is 55.9 Å². The zero-order valence-electron chi connectivity index (χ0n) is 26.2. The summed E-state index contributed by atoms with van der Waals surface area (Å²) in [7, 11) is 7.68. The molecule has 0 unspecified atom stereocenters. The van der Waals surface area contributed by atoms with Crippen LogP contribution in [0, 0.1) is 5.82 Å². The number of aliphatic hydroxyl groups is 1. The molecule has 0 saturated heterocycles. The highest BCUT2D eigenvalue weighted by Gasteiger charge is 2.33. The van der Waals surface area contributed by atoms with Crippen LogP contribution in [0.5, 0.6) is 0 Å². The van der Waals surface area contributed by atoms with E-state index in [4.69, 9.17) is 0 Å². The lowest BCUT2D eigenvalue weighted by Crippen LogP contribution is -2.37. The van der Waals surface area contributed by atoms with E-state index < -0.39 is 12.4 Å². The number of likely N-dealkylation sites (N-methyl/N-ethyl adjacent to an activating group) is 2. The Bertz CT molecular complexity index is 1800. The van der Waals surface area contributed by atoms with E-state index in [0.717, 1.165) is 54.9 Å². The number of nitrogens with zero attached hydrogens (tertiary/aromatic N) is 5. The lowest BCUT2D eigenvalue weighted by Gasteiger charge is -2.30. The van der Waals surface area contributed by atoms with Gasteiger partial charge in [-0.1, -0.05) is 0 Å². The van der Waals surface area contributed by atoms with Crippen molar-refractivity contribution in [2.45, 2.75) is 38.7 Å². The van der Waals surface area contributed by atoms with Crippen molar-refractivity contribution in [1.82, 2.24) is 14.5 Å². The molecule has 1 amide bonds. The third-order valence-corrected chi connectivity index (χ3v) is 10.1. The number of carbonyl (C=O) groups is 1. The molecule has 3 aromatic heterocycles. The van der Waals surface area contributed by atoms with Crippen LogP contribution in [0.4, 0.5) is 27.3 Å². The molecule has 0 spiro atoms. The molecule has 9 nitrogen and oxygen atoms in total. The van der Waals surface area contributed by atoms with Gasteiger partial charge in [0.2, 0.25) is 0 Å². The van der Waals surface area contributed by atoms with E-state index >= 15 is 4.39 Å². The fraction of sp³-hybridized carbons (Fsp3) is 0.382. The molecule has 0 saturated carbocycles. The van der Waals surface area contributed by atoms with Crippen LogP contribution in [-0.2, 0) is 32.9 Å². The topological polar surface area (TPSA) is 93.9 Å². The van der Waals surface area contributed by atoms with Crippen molar-refractivity contribution in [1.29, 1.82) is 0 Å². The van der Waals surface area contributed by atoms with E-state index in [1.54, 1.807) is 41.7 Å². The van der Waals surface area contributed by atoms with Crippen molar-refractivity contribution in [2.75, 3.05) is 55.9 Å². The molecule has 4 aromatic rings. The highest BCUT2D eigenvalue weighted by atomic mass is 32.1. The maximum atomic E-state index is 15.3. The van der Waals surface area contributed by atoms with Gasteiger partial charge >= 0.3 is 0 Å². The highest BCUT2D eigenvalue weighted by molar-refractivity contribution is 7.14. The summed E-state index contributed by atoms with van der Waals surface area (Å²) in [5.74, 6) is -0.184. The molecule has 1 aromatic carbocycles. The zero-order valence-corrected chi connectivity index (χ0v) is 27.0. The van der Waals surface area contributed by atoms with Gasteiger partial charge in [-0.15, -0.1) is 11.3 Å². The van der Waals surface area contributed by atoms with Crippen LogP contribution in [0.3, 0.4) is 0 Å². The number of aryl methyl sites for hydroxylation is 2. The number of amides is 1. The Labute approximate surface area is 266 Å². The summed E-state index contributed by atoms with van der Waals surface area (Å²) in [5, 5.41) is 13.7. The lowest BCUT2D eigenvalue weighted by molar-refractivity contribution is 0.0984. The van der Waals surface area contributed by atoms with E-state index in [9.17, 15) is 14.7 Å². The summed E-state index contributed by atoms with van der Waals surface area (Å²) < 4.78 is 16.7. The quantitative estimate of drug-likeness (QED) is 0.270. The van der Waals surface area contributed by atoms with E-state index in [1.165, 1.54) is 27.1 Å². The Morgan fingerprint density at radius 1 is 1.04 bits per heavy atom. The first-order valence-corrected chi connectivity index (χ1v) is 16.1. The molecule has 45 heavy (non-hydrogen) atoms. The molecule has 2 N–H and O–H groups in total. The minimum Gasteiger partial charge on any atom is -0.392 e. The van der Waals surface area contributed by atoms with Crippen LogP contribution in [0.2, 0.25) is 0 Å². The van der Waals surface area contributed by atoms with Crippen LogP contribution in [0.15, 0.2) is 47.5 Å². The van der Waals surface area contributed by atoms with Gasteiger partial charge in [-0.2, -0.15) is 0 Å². The number of benzene rings is 1. The van der Waals surface area contributed by atoms with Gasteiger partial charge in [-0.05, 0) is 93.2 Å². The number of hydrogen-bond acceptors (Lipinski definition) is 8. The molecule has 1 aliphatic carbocycles. The standard InChI is InChI=1S/C34H39FN6O3S/c1-38(2)13-14-39(3)23-9-10-31(36-18-23)37-28-15-21(19-40(4)33(28)43)26-16-22(35)17-29(27(26)20-42)41-12-11-25-24-7-5-6-8-30(24)45-32(25)34(41)44/h9-10,15-19,42H,5-8,11-14,20H2,1-4H3,(H,36,37). The first-order chi connectivity index (χ1) is 21.6. The van der Waals surface area contributed by atoms with E-state index in [0.29, 0.717) is 41.2 Å². The van der Waals surface area contributed by atoms with Crippen LogP contribution in [-0.4, -0.2) is 66.2 Å². The summed E-state index contributed by atoms with van der Waals surface area (Å²) in [4.78, 5) is 39.3. The summed E-state index contributed by atoms with van der Waals surface area (Å²) in [5.41, 5.74) is 5.14. The summed E-state index contributed by atoms with van der Waals surface area (Å²) in [6, 6.07) is 8.06. The fourth-order valence-electron chi connectivity index (χ4n) is 6.28. The number of halogens is 1. The van der Waals surface area contributed by atoms with Crippen molar-refractivity contribution in [3.8, 4) is 11.1 Å². The molecule has 1 aliphatic heterocycles. The molecule has 0 bridgehead atoms. The van der Waals surface area contributed by atoms with E-state index in [-0.39, 0.29) is 17.2 Å². The normalized spacial score (nSPS) is 14.5. The second kappa shape index (κ2) is 12.7. The number of fused-ring (bicyclic) bond motifs is 3. The van der Waals surface area contributed by atoms with Crippen LogP contribution < -0.4 is 20.7 Å². The second-order valence-electron chi connectivity index (χ2n) is 12.1. The SMILES string of the molecule is CN(C)CCN(C)c1ccc(Nc2cc(-c3cc(F)cc(N4CCc5c(sc6c5CCCC6)C4=O)c3CO)cn(C)c2=O)nc1. The third-order valence-electron chi connectivity index (χ3n) is 8.77. The Balaban J connectivity index is 1.32. The number of anilines is 4. The van der Waals surface area contributed by atoms with Crippen molar-refractivity contribution in [2.24, 2.45) is 7.05 Å². The number of rotatable bonds is 9. The average molecular weight is 631 g/mol. The summed E-state index contributed by atoms with van der Waals surface area (Å²) in [6.45, 7) is 1.75. The first-order valence-electron chi connectivity index (χ1n) is 15.3. The maximum Gasteiger partial charge on any atom is 0.274 e. The van der Waals surface area contributed by atoms with Gasteiger partial charge in [0.1, 0.15) is 17.3 Å². The number of carbonyl (C=O) groups excluding carboxylic acids is 1. The van der Waals surface area contributed by atoms with Crippen LogP contribution in [0.25, 0.3) is 11.1 Å². The van der Waals surface area contributed by atoms with E-state index in [2.05, 4.69) is 20.1 Å². The highest BCUT2D eigenvalue weighted by Crippen LogP contribution is 2.41. The predicted molar refractivity (Wildman–Crippen MR) is 179 cm³/mol. The minimum atomic E-state index is -0.528. The maximum absolute atomic E-state index is 15.3. The molecular formula is C34H39FN6O3S. The van der Waals surface area contributed by atoms with Gasteiger partial charge in [0.15, 0.2) is 0 Å². The molecule has 11 heteroatoms. The number of thiophene rings is 1. The minimum absolute atomic E-state index is 0.147. The zero-order chi connectivity index (χ0) is 31.8. The smallest absolute Gasteiger partial charge is 0.274 e. The van der Waals surface area contributed by atoms with Crippen molar-refractivity contribution >= 4 is 40.1 Å². The van der Waals surface area contributed by atoms with Crippen molar-refractivity contribution in [3.05, 3.63) is 85.3 Å². The molecule has 0 atom stereocenters. The lowest BCUT2D eigenvalue weighted by atomic mass is 9.91. The van der Waals surface area contributed by atoms with E-state index in [1.807, 2.05) is 33.3 Å². The molecule has 0 fully saturated rings.